The Morgan fingerprint density at radius 3 is 2.81 bits per heavy atom. The molecule has 1 aromatic heterocycles. The first-order valence-corrected chi connectivity index (χ1v) is 9.60. The van der Waals surface area contributed by atoms with Gasteiger partial charge in [-0.2, -0.15) is 0 Å². The summed E-state index contributed by atoms with van der Waals surface area (Å²) in [6.07, 6.45) is 3.75. The molecule has 0 unspecified atom stereocenters. The lowest BCUT2D eigenvalue weighted by molar-refractivity contribution is -0.136. The van der Waals surface area contributed by atoms with Gasteiger partial charge in [-0.1, -0.05) is 24.7 Å². The number of nitrogens with zero attached hydrogens (tertiary/aromatic N) is 3. The number of halogens is 1. The summed E-state index contributed by atoms with van der Waals surface area (Å²) in [7, 11) is 0. The van der Waals surface area contributed by atoms with Crippen molar-refractivity contribution in [1.82, 2.24) is 15.1 Å². The molecule has 1 fully saturated rings. The summed E-state index contributed by atoms with van der Waals surface area (Å²) in [6, 6.07) is 5.50. The number of rotatable bonds is 6. The number of amides is 2. The van der Waals surface area contributed by atoms with Crippen LogP contribution < -0.4 is 5.32 Å². The van der Waals surface area contributed by atoms with Crippen LogP contribution >= 0.6 is 11.3 Å². The Morgan fingerprint density at radius 1 is 1.31 bits per heavy atom. The molecule has 1 saturated heterocycles. The number of nitrogens with one attached hydrogen (secondary N) is 1. The van der Waals surface area contributed by atoms with Crippen LogP contribution in [0.5, 0.6) is 0 Å². The van der Waals surface area contributed by atoms with Gasteiger partial charge in [-0.25, -0.2) is 4.39 Å². The second kappa shape index (κ2) is 8.35. The van der Waals surface area contributed by atoms with E-state index in [1.54, 1.807) is 17.0 Å². The predicted molar refractivity (Wildman–Crippen MR) is 98.2 cm³/mol. The monoisotopic (exact) mass is 376 g/mol. The van der Waals surface area contributed by atoms with Crippen LogP contribution in [0.2, 0.25) is 0 Å². The third-order valence-electron chi connectivity index (χ3n) is 4.37. The minimum absolute atomic E-state index is 0.0359. The van der Waals surface area contributed by atoms with E-state index in [0.717, 1.165) is 24.8 Å². The summed E-state index contributed by atoms with van der Waals surface area (Å²) < 4.78 is 13.0. The highest BCUT2D eigenvalue weighted by Gasteiger charge is 2.34. The van der Waals surface area contributed by atoms with Crippen molar-refractivity contribution in [1.29, 1.82) is 0 Å². The minimum atomic E-state index is -0.447. The molecule has 26 heavy (non-hydrogen) atoms. The molecule has 1 aromatic carbocycles. The maximum atomic E-state index is 13.0. The van der Waals surface area contributed by atoms with E-state index in [9.17, 15) is 14.0 Å². The summed E-state index contributed by atoms with van der Waals surface area (Å²) in [4.78, 5) is 26.5. The second-order valence-corrected chi connectivity index (χ2v) is 7.23. The first-order chi connectivity index (χ1) is 12.6. The molecule has 3 rings (SSSR count). The highest BCUT2D eigenvalue weighted by atomic mass is 32.1. The van der Waals surface area contributed by atoms with E-state index < -0.39 is 6.04 Å². The molecule has 2 aromatic rings. The lowest BCUT2D eigenvalue weighted by atomic mass is 10.2. The van der Waals surface area contributed by atoms with Crippen LogP contribution in [0.15, 0.2) is 24.3 Å². The number of hydrogen-bond donors (Lipinski definition) is 1. The van der Waals surface area contributed by atoms with Gasteiger partial charge >= 0.3 is 0 Å². The fourth-order valence-corrected chi connectivity index (χ4v) is 3.73. The number of likely N-dealkylation sites (tertiary alicyclic amines) is 1. The van der Waals surface area contributed by atoms with Crippen LogP contribution in [0.1, 0.15) is 39.0 Å². The molecule has 0 saturated carbocycles. The fraction of sp³-hybridized carbons (Fsp3) is 0.444. The van der Waals surface area contributed by atoms with E-state index in [-0.39, 0.29) is 17.6 Å². The number of benzene rings is 1. The summed E-state index contributed by atoms with van der Waals surface area (Å²) >= 11 is 1.22. The zero-order valence-electron chi connectivity index (χ0n) is 14.6. The molecule has 138 valence electrons. The zero-order chi connectivity index (χ0) is 18.5. The van der Waals surface area contributed by atoms with Crippen LogP contribution in [-0.4, -0.2) is 39.5 Å². The molecule has 1 atom stereocenters. The van der Waals surface area contributed by atoms with Crippen molar-refractivity contribution in [2.45, 2.75) is 45.1 Å². The van der Waals surface area contributed by atoms with Crippen molar-refractivity contribution >= 4 is 28.3 Å². The first kappa shape index (κ1) is 18.4. The average molecular weight is 376 g/mol. The van der Waals surface area contributed by atoms with E-state index in [1.807, 2.05) is 6.92 Å². The molecule has 8 heteroatoms. The fourth-order valence-electron chi connectivity index (χ4n) is 2.98. The Balaban J connectivity index is 1.64. The third kappa shape index (κ3) is 4.24. The molecular formula is C18H21FN4O2S. The maximum absolute atomic E-state index is 13.0. The molecule has 2 amide bonds. The van der Waals surface area contributed by atoms with E-state index in [1.165, 1.54) is 23.5 Å². The van der Waals surface area contributed by atoms with Gasteiger partial charge in [-0.15, -0.1) is 10.2 Å². The van der Waals surface area contributed by atoms with Gasteiger partial charge < -0.3 is 4.90 Å². The summed E-state index contributed by atoms with van der Waals surface area (Å²) in [5.41, 5.74) is 0.738. The number of carbonyl (C=O) groups excluding carboxylic acids is 2. The Labute approximate surface area is 155 Å². The van der Waals surface area contributed by atoms with Crippen molar-refractivity contribution < 1.29 is 14.0 Å². The lowest BCUT2D eigenvalue weighted by Crippen LogP contribution is -2.43. The molecule has 0 spiro atoms. The standard InChI is InChI=1S/C18H21FN4O2S/c1-2-3-6-15(24)23-11-4-5-14(23)16(25)20-18-22-21-17(26-18)12-7-9-13(19)10-8-12/h7-10,14H,2-6,11H2,1H3,(H,20,22,25)/t14-/m0/s1. The van der Waals surface area contributed by atoms with Gasteiger partial charge in [0.05, 0.1) is 0 Å². The van der Waals surface area contributed by atoms with Crippen LogP contribution in [0, 0.1) is 5.82 Å². The largest absolute Gasteiger partial charge is 0.331 e. The van der Waals surface area contributed by atoms with Gasteiger partial charge in [0.25, 0.3) is 0 Å². The molecule has 0 radical (unpaired) electrons. The average Bonchev–Trinajstić information content (AvgIpc) is 3.30. The van der Waals surface area contributed by atoms with Gasteiger partial charge in [0.2, 0.25) is 16.9 Å². The number of anilines is 1. The Bertz CT molecular complexity index is 778. The molecule has 1 aliphatic heterocycles. The van der Waals surface area contributed by atoms with Crippen molar-refractivity contribution in [3.63, 3.8) is 0 Å². The lowest BCUT2D eigenvalue weighted by Gasteiger charge is -2.23. The third-order valence-corrected chi connectivity index (χ3v) is 5.25. The van der Waals surface area contributed by atoms with Crippen molar-refractivity contribution in [3.8, 4) is 10.6 Å². The molecule has 1 aliphatic rings. The molecule has 1 N–H and O–H groups in total. The number of hydrogen-bond acceptors (Lipinski definition) is 5. The van der Waals surface area contributed by atoms with Crippen LogP contribution in [-0.2, 0) is 9.59 Å². The van der Waals surface area contributed by atoms with Crippen LogP contribution in [0.25, 0.3) is 10.6 Å². The Hall–Kier alpha value is -2.35. The molecule has 0 bridgehead atoms. The Kier molecular flexibility index (Phi) is 5.92. The van der Waals surface area contributed by atoms with Crippen LogP contribution in [0.3, 0.4) is 0 Å². The highest BCUT2D eigenvalue weighted by molar-refractivity contribution is 7.18. The first-order valence-electron chi connectivity index (χ1n) is 8.78. The van der Waals surface area contributed by atoms with E-state index in [2.05, 4.69) is 15.5 Å². The van der Waals surface area contributed by atoms with Gasteiger partial charge in [-0.3, -0.25) is 14.9 Å². The highest BCUT2D eigenvalue weighted by Crippen LogP contribution is 2.27. The molecule has 6 nitrogen and oxygen atoms in total. The van der Waals surface area contributed by atoms with Gasteiger partial charge in [0.1, 0.15) is 16.9 Å². The molecule has 0 aliphatic carbocycles. The quantitative estimate of drug-likeness (QED) is 0.838. The molecular weight excluding hydrogens is 355 g/mol. The number of aromatic nitrogens is 2. The second-order valence-electron chi connectivity index (χ2n) is 6.26. The Morgan fingerprint density at radius 2 is 2.08 bits per heavy atom. The van der Waals surface area contributed by atoms with Crippen LogP contribution in [0.4, 0.5) is 9.52 Å². The summed E-state index contributed by atoms with van der Waals surface area (Å²) in [5.74, 6) is -0.510. The van der Waals surface area contributed by atoms with Crippen molar-refractivity contribution in [2.24, 2.45) is 0 Å². The van der Waals surface area contributed by atoms with Gasteiger partial charge in [-0.05, 0) is 43.5 Å². The van der Waals surface area contributed by atoms with E-state index >= 15 is 0 Å². The van der Waals surface area contributed by atoms with Crippen molar-refractivity contribution in [3.05, 3.63) is 30.1 Å². The van der Waals surface area contributed by atoms with Crippen molar-refractivity contribution in [2.75, 3.05) is 11.9 Å². The predicted octanol–water partition coefficient (Wildman–Crippen LogP) is 3.46. The summed E-state index contributed by atoms with van der Waals surface area (Å²) in [5, 5.41) is 11.8. The SMILES string of the molecule is CCCCC(=O)N1CCC[C@H]1C(=O)Nc1nnc(-c2ccc(F)cc2)s1. The smallest absolute Gasteiger partial charge is 0.249 e. The van der Waals surface area contributed by atoms with E-state index in [0.29, 0.717) is 29.5 Å². The topological polar surface area (TPSA) is 75.2 Å². The number of carbonyl (C=O) groups is 2. The number of unbranched alkanes of at least 4 members (excludes halogenated alkanes) is 1. The minimum Gasteiger partial charge on any atom is -0.331 e. The normalized spacial score (nSPS) is 16.7. The maximum Gasteiger partial charge on any atom is 0.249 e. The van der Waals surface area contributed by atoms with Gasteiger partial charge in [0.15, 0.2) is 0 Å². The summed E-state index contributed by atoms with van der Waals surface area (Å²) in [6.45, 7) is 2.66. The van der Waals surface area contributed by atoms with Gasteiger partial charge in [0, 0.05) is 18.5 Å². The van der Waals surface area contributed by atoms with E-state index in [4.69, 9.17) is 0 Å². The molecule has 2 heterocycles. The zero-order valence-corrected chi connectivity index (χ0v) is 15.4.